The minimum Gasteiger partial charge on any atom is -0.444 e. The predicted molar refractivity (Wildman–Crippen MR) is 238 cm³/mol. The van der Waals surface area contributed by atoms with E-state index in [4.69, 9.17) is 14.5 Å². The molecule has 63 heavy (non-hydrogen) atoms. The highest BCUT2D eigenvalue weighted by Crippen LogP contribution is 2.36. The molecule has 4 aromatic rings. The number of amides is 5. The summed E-state index contributed by atoms with van der Waals surface area (Å²) in [5.41, 5.74) is 2.85. The van der Waals surface area contributed by atoms with Crippen molar-refractivity contribution in [2.24, 2.45) is 0 Å². The maximum atomic E-state index is 14.2. The summed E-state index contributed by atoms with van der Waals surface area (Å²) in [6, 6.07) is 23.9. The molecule has 14 heteroatoms. The third kappa shape index (κ3) is 11.1. The molecule has 4 heterocycles. The van der Waals surface area contributed by atoms with E-state index in [1.54, 1.807) is 69.7 Å². The fourth-order valence-electron chi connectivity index (χ4n) is 8.88. The second kappa shape index (κ2) is 19.1. The Bertz CT molecular complexity index is 2230. The van der Waals surface area contributed by atoms with Gasteiger partial charge in [0.15, 0.2) is 0 Å². The number of alkyl carbamates (subject to hydrolysis) is 2. The topological polar surface area (TPSA) is 166 Å². The number of likely N-dealkylation sites (tertiary alicyclic amines) is 3. The second-order valence-corrected chi connectivity index (χ2v) is 18.8. The van der Waals surface area contributed by atoms with Gasteiger partial charge in [-0.2, -0.15) is 0 Å². The molecule has 3 saturated heterocycles. The molecular formula is C49H61N7O7. The van der Waals surface area contributed by atoms with Gasteiger partial charge < -0.3 is 39.8 Å². The summed E-state index contributed by atoms with van der Waals surface area (Å²) < 4.78 is 11.0. The Morgan fingerprint density at radius 1 is 0.651 bits per heavy atom. The number of imidazole rings is 1. The minimum atomic E-state index is -0.981. The number of hydrogen-bond donors (Lipinski definition) is 3. The van der Waals surface area contributed by atoms with Crippen molar-refractivity contribution in [2.75, 3.05) is 26.2 Å². The molecule has 3 aliphatic heterocycles. The molecule has 7 rings (SSSR count). The van der Waals surface area contributed by atoms with Crippen LogP contribution in [-0.2, 0) is 23.9 Å². The van der Waals surface area contributed by atoms with Crippen molar-refractivity contribution < 1.29 is 33.4 Å². The van der Waals surface area contributed by atoms with Crippen molar-refractivity contribution in [3.63, 3.8) is 0 Å². The van der Waals surface area contributed by atoms with Crippen molar-refractivity contribution >= 4 is 29.9 Å². The van der Waals surface area contributed by atoms with E-state index in [2.05, 4.69) is 39.9 Å². The summed E-state index contributed by atoms with van der Waals surface area (Å²) >= 11 is 0. The Kier molecular flexibility index (Phi) is 13.6. The van der Waals surface area contributed by atoms with Crippen LogP contribution in [0.5, 0.6) is 0 Å². The maximum Gasteiger partial charge on any atom is 0.408 e. The number of H-pyrrole nitrogens is 1. The molecule has 14 nitrogen and oxygen atoms in total. The lowest BCUT2D eigenvalue weighted by atomic mass is 9.88. The van der Waals surface area contributed by atoms with Crippen LogP contribution in [0.15, 0.2) is 91.1 Å². The number of rotatable bonds is 10. The molecule has 3 fully saturated rings. The number of benzene rings is 3. The van der Waals surface area contributed by atoms with Crippen LogP contribution in [0.2, 0.25) is 0 Å². The number of aromatic amines is 1. The number of piperidine rings is 1. The third-order valence-corrected chi connectivity index (χ3v) is 11.8. The SMILES string of the molecule is CC(C)(C)OC(=O)N[C@H](C(=O)N1CCCC1C(=O)N1CCC(c2ccc(-c3cnc(C4CCCN4C(=O)[C@H](NC(=O)OC(C)(C)C)c4ccccc4)[nH]3)cc2)CC1)c1ccccc1. The van der Waals surface area contributed by atoms with E-state index in [0.717, 1.165) is 36.9 Å². The molecule has 4 atom stereocenters. The summed E-state index contributed by atoms with van der Waals surface area (Å²) in [6.07, 6.45) is 4.87. The number of carbonyl (C=O) groups is 5. The molecule has 3 N–H and O–H groups in total. The van der Waals surface area contributed by atoms with E-state index < -0.39 is 41.5 Å². The normalized spacial score (nSPS) is 19.3. The molecule has 5 amide bonds. The molecular weight excluding hydrogens is 799 g/mol. The van der Waals surface area contributed by atoms with E-state index in [9.17, 15) is 24.0 Å². The first kappa shape index (κ1) is 44.9. The number of nitrogens with zero attached hydrogens (tertiary/aromatic N) is 4. The molecule has 3 aliphatic rings. The second-order valence-electron chi connectivity index (χ2n) is 18.8. The summed E-state index contributed by atoms with van der Waals surface area (Å²) in [5.74, 6) is 0.375. The van der Waals surface area contributed by atoms with Crippen LogP contribution in [0.3, 0.4) is 0 Å². The minimum absolute atomic E-state index is 0.0498. The number of hydrogen-bond acceptors (Lipinski definition) is 8. The molecule has 0 aliphatic carbocycles. The van der Waals surface area contributed by atoms with Gasteiger partial charge in [-0.25, -0.2) is 14.6 Å². The van der Waals surface area contributed by atoms with Crippen molar-refractivity contribution in [2.45, 2.75) is 121 Å². The zero-order valence-corrected chi connectivity index (χ0v) is 37.3. The lowest BCUT2D eigenvalue weighted by molar-refractivity contribution is -0.145. The fourth-order valence-corrected chi connectivity index (χ4v) is 8.88. The molecule has 1 aromatic heterocycles. The van der Waals surface area contributed by atoms with Gasteiger partial charge in [-0.05, 0) is 108 Å². The zero-order valence-electron chi connectivity index (χ0n) is 37.3. The van der Waals surface area contributed by atoms with Gasteiger partial charge in [-0.3, -0.25) is 14.4 Å². The van der Waals surface area contributed by atoms with E-state index >= 15 is 0 Å². The van der Waals surface area contributed by atoms with Crippen molar-refractivity contribution in [3.05, 3.63) is 114 Å². The summed E-state index contributed by atoms with van der Waals surface area (Å²) in [7, 11) is 0. The molecule has 0 saturated carbocycles. The fraction of sp³-hybridized carbons (Fsp3) is 0.469. The number of nitrogens with one attached hydrogen (secondary N) is 3. The van der Waals surface area contributed by atoms with Gasteiger partial charge in [0.2, 0.25) is 5.91 Å². The van der Waals surface area contributed by atoms with E-state index in [1.807, 2.05) is 53.4 Å². The predicted octanol–water partition coefficient (Wildman–Crippen LogP) is 7.97. The van der Waals surface area contributed by atoms with E-state index in [1.165, 1.54) is 5.56 Å². The summed E-state index contributed by atoms with van der Waals surface area (Å²) in [4.78, 5) is 81.6. The smallest absolute Gasteiger partial charge is 0.408 e. The maximum absolute atomic E-state index is 14.2. The van der Waals surface area contributed by atoms with Crippen LogP contribution in [0.4, 0.5) is 9.59 Å². The molecule has 0 spiro atoms. The Labute approximate surface area is 370 Å². The summed E-state index contributed by atoms with van der Waals surface area (Å²) in [6.45, 7) is 12.8. The lowest BCUT2D eigenvalue weighted by Crippen LogP contribution is -2.52. The highest BCUT2D eigenvalue weighted by molar-refractivity contribution is 5.93. The lowest BCUT2D eigenvalue weighted by Gasteiger charge is -2.36. The Balaban J connectivity index is 0.962. The van der Waals surface area contributed by atoms with Gasteiger partial charge in [-0.1, -0.05) is 84.9 Å². The van der Waals surface area contributed by atoms with E-state index in [0.29, 0.717) is 56.0 Å². The monoisotopic (exact) mass is 859 g/mol. The first-order chi connectivity index (χ1) is 30.0. The van der Waals surface area contributed by atoms with Gasteiger partial charge in [-0.15, -0.1) is 0 Å². The highest BCUT2D eigenvalue weighted by Gasteiger charge is 2.42. The molecule has 2 unspecified atom stereocenters. The molecule has 0 radical (unpaired) electrons. The quantitative estimate of drug-likeness (QED) is 0.144. The van der Waals surface area contributed by atoms with Gasteiger partial charge in [0.25, 0.3) is 11.8 Å². The van der Waals surface area contributed by atoms with E-state index in [-0.39, 0.29) is 29.7 Å². The van der Waals surface area contributed by atoms with Crippen LogP contribution in [-0.4, -0.2) is 98.0 Å². The first-order valence-electron chi connectivity index (χ1n) is 22.2. The van der Waals surface area contributed by atoms with Crippen LogP contribution in [0, 0.1) is 0 Å². The van der Waals surface area contributed by atoms with Crippen LogP contribution < -0.4 is 10.6 Å². The number of carbonyl (C=O) groups excluding carboxylic acids is 5. The van der Waals surface area contributed by atoms with Gasteiger partial charge >= 0.3 is 12.2 Å². The first-order valence-corrected chi connectivity index (χ1v) is 22.2. The number of aromatic nitrogens is 2. The number of ether oxygens (including phenoxy) is 2. The van der Waals surface area contributed by atoms with Crippen molar-refractivity contribution in [1.82, 2.24) is 35.3 Å². The average molecular weight is 860 g/mol. The largest absolute Gasteiger partial charge is 0.444 e. The van der Waals surface area contributed by atoms with Crippen LogP contribution >= 0.6 is 0 Å². The van der Waals surface area contributed by atoms with Crippen molar-refractivity contribution in [1.29, 1.82) is 0 Å². The average Bonchev–Trinajstić information content (AvgIpc) is 4.06. The van der Waals surface area contributed by atoms with Crippen LogP contribution in [0.1, 0.15) is 127 Å². The molecule has 334 valence electrons. The van der Waals surface area contributed by atoms with Crippen molar-refractivity contribution in [3.8, 4) is 11.3 Å². The Morgan fingerprint density at radius 3 is 1.70 bits per heavy atom. The Hall–Kier alpha value is -6.18. The Morgan fingerprint density at radius 2 is 1.16 bits per heavy atom. The molecule has 0 bridgehead atoms. The van der Waals surface area contributed by atoms with Gasteiger partial charge in [0.05, 0.1) is 17.9 Å². The highest BCUT2D eigenvalue weighted by atomic mass is 16.6. The van der Waals surface area contributed by atoms with Gasteiger partial charge in [0.1, 0.15) is 35.2 Å². The van der Waals surface area contributed by atoms with Gasteiger partial charge in [0, 0.05) is 26.2 Å². The molecule has 3 aromatic carbocycles. The van der Waals surface area contributed by atoms with Crippen LogP contribution in [0.25, 0.3) is 11.3 Å². The standard InChI is InChI=1S/C49H61N7O7/c1-48(2,3)62-46(60)52-40(35-15-9-7-10-16-35)44(58)55-27-13-19-38(55)42-50-31-37(51-42)34-23-21-32(22-24-34)33-25-29-54(30-26-33)43(57)39-20-14-28-56(39)45(59)41(36-17-11-8-12-18-36)53-47(61)63-49(4,5)6/h7-12,15-18,21-24,31,33,38-41H,13-14,19-20,25-30H2,1-6H3,(H,50,51)(H,52,60)(H,53,61)/t38?,39?,40-,41+/m1/s1. The third-order valence-electron chi connectivity index (χ3n) is 11.8. The summed E-state index contributed by atoms with van der Waals surface area (Å²) in [5, 5.41) is 5.59. The zero-order chi connectivity index (χ0) is 44.9.